The Hall–Kier alpha value is -2.33. The van der Waals surface area contributed by atoms with Crippen LogP contribution in [-0.2, 0) is 12.0 Å². The Morgan fingerprint density at radius 2 is 1.63 bits per heavy atom. The monoisotopic (exact) mass is 365 g/mol. The molecule has 4 nitrogen and oxygen atoms in total. The molecule has 1 aliphatic heterocycles. The molecule has 0 saturated carbocycles. The Balaban J connectivity index is 1.53. The molecule has 27 heavy (non-hydrogen) atoms. The molecule has 144 valence electrons. The fourth-order valence-corrected chi connectivity index (χ4v) is 3.42. The molecular weight excluding hydrogens is 334 g/mol. The van der Waals surface area contributed by atoms with Gasteiger partial charge in [0.1, 0.15) is 0 Å². The highest BCUT2D eigenvalue weighted by Crippen LogP contribution is 2.22. The van der Waals surface area contributed by atoms with Gasteiger partial charge in [-0.3, -0.25) is 4.90 Å². The topological polar surface area (TPSA) is 35.6 Å². The van der Waals surface area contributed by atoms with Crippen LogP contribution in [0.3, 0.4) is 0 Å². The summed E-state index contributed by atoms with van der Waals surface area (Å²) in [5.41, 5.74) is 3.74. The van der Waals surface area contributed by atoms with E-state index >= 15 is 0 Å². The van der Waals surface area contributed by atoms with Crippen molar-refractivity contribution in [2.24, 2.45) is 0 Å². The van der Waals surface area contributed by atoms with Gasteiger partial charge in [0.05, 0.1) is 0 Å². The van der Waals surface area contributed by atoms with Crippen molar-refractivity contribution in [3.63, 3.8) is 0 Å². The second kappa shape index (κ2) is 8.57. The lowest BCUT2D eigenvalue weighted by molar-refractivity contribution is 0.211. The molecule has 0 bridgehead atoms. The van der Waals surface area contributed by atoms with E-state index in [-0.39, 0.29) is 11.4 Å². The summed E-state index contributed by atoms with van der Waals surface area (Å²) >= 11 is 0. The highest BCUT2D eigenvalue weighted by atomic mass is 16.2. The highest BCUT2D eigenvalue weighted by Gasteiger charge is 2.19. The van der Waals surface area contributed by atoms with Gasteiger partial charge in [-0.25, -0.2) is 4.79 Å². The Bertz CT molecular complexity index is 734. The van der Waals surface area contributed by atoms with Crippen LogP contribution in [0.25, 0.3) is 0 Å². The molecule has 1 aliphatic rings. The maximum atomic E-state index is 12.5. The maximum absolute atomic E-state index is 12.5. The van der Waals surface area contributed by atoms with Gasteiger partial charge in [-0.2, -0.15) is 0 Å². The summed E-state index contributed by atoms with van der Waals surface area (Å²) < 4.78 is 0. The Morgan fingerprint density at radius 1 is 0.926 bits per heavy atom. The van der Waals surface area contributed by atoms with Crippen molar-refractivity contribution in [2.45, 2.75) is 39.2 Å². The minimum atomic E-state index is -0.00224. The number of nitrogens with one attached hydrogen (secondary N) is 1. The molecule has 0 aliphatic carbocycles. The number of anilines is 1. The van der Waals surface area contributed by atoms with Gasteiger partial charge in [0.25, 0.3) is 0 Å². The van der Waals surface area contributed by atoms with E-state index in [1.54, 1.807) is 0 Å². The van der Waals surface area contributed by atoms with E-state index in [4.69, 9.17) is 0 Å². The zero-order valence-corrected chi connectivity index (χ0v) is 16.7. The molecule has 2 amide bonds. The zero-order chi connectivity index (χ0) is 19.3. The van der Waals surface area contributed by atoms with Crippen LogP contribution >= 0.6 is 0 Å². The third-order valence-corrected chi connectivity index (χ3v) is 5.13. The molecule has 2 aromatic carbocycles. The van der Waals surface area contributed by atoms with Crippen molar-refractivity contribution >= 4 is 11.7 Å². The summed E-state index contributed by atoms with van der Waals surface area (Å²) in [5.74, 6) is 0. The summed E-state index contributed by atoms with van der Waals surface area (Å²) in [6, 6.07) is 18.6. The quantitative estimate of drug-likeness (QED) is 0.854. The second-order valence-electron chi connectivity index (χ2n) is 8.36. The zero-order valence-electron chi connectivity index (χ0n) is 16.7. The summed E-state index contributed by atoms with van der Waals surface area (Å²) in [7, 11) is 0. The van der Waals surface area contributed by atoms with Crippen LogP contribution in [0.4, 0.5) is 10.5 Å². The Labute approximate surface area is 163 Å². The Kier molecular flexibility index (Phi) is 6.17. The van der Waals surface area contributed by atoms with Crippen LogP contribution in [0.2, 0.25) is 0 Å². The van der Waals surface area contributed by atoms with Gasteiger partial charge in [-0.05, 0) is 35.1 Å². The number of rotatable bonds is 3. The third-order valence-electron chi connectivity index (χ3n) is 5.13. The van der Waals surface area contributed by atoms with E-state index in [9.17, 15) is 4.79 Å². The number of carbonyl (C=O) groups is 1. The van der Waals surface area contributed by atoms with E-state index in [1.165, 1.54) is 11.1 Å². The average Bonchev–Trinajstić information content (AvgIpc) is 2.88. The standard InChI is InChI=1S/C23H31N3O/c1-23(2,3)20-12-10-19(11-13-20)18-25-14-7-15-26(17-16-25)22(27)24-21-8-5-4-6-9-21/h4-6,8-13H,7,14-18H2,1-3H3,(H,24,27). The number of benzene rings is 2. The SMILES string of the molecule is CC(C)(C)c1ccc(CN2CCCN(C(=O)Nc3ccccc3)CC2)cc1. The summed E-state index contributed by atoms with van der Waals surface area (Å²) in [5, 5.41) is 2.99. The first kappa shape index (κ1) is 19.4. The number of para-hydroxylation sites is 1. The van der Waals surface area contributed by atoms with Crippen LogP contribution in [0, 0.1) is 0 Å². The number of urea groups is 1. The van der Waals surface area contributed by atoms with Crippen LogP contribution in [-0.4, -0.2) is 42.0 Å². The number of carbonyl (C=O) groups excluding carboxylic acids is 1. The predicted octanol–water partition coefficient (Wildman–Crippen LogP) is 4.72. The van der Waals surface area contributed by atoms with Crippen molar-refractivity contribution in [2.75, 3.05) is 31.5 Å². The Morgan fingerprint density at radius 3 is 2.30 bits per heavy atom. The minimum Gasteiger partial charge on any atom is -0.323 e. The second-order valence-corrected chi connectivity index (χ2v) is 8.36. The van der Waals surface area contributed by atoms with Crippen molar-refractivity contribution in [3.8, 4) is 0 Å². The van der Waals surface area contributed by atoms with Crippen molar-refractivity contribution in [1.29, 1.82) is 0 Å². The van der Waals surface area contributed by atoms with Gasteiger partial charge in [-0.15, -0.1) is 0 Å². The summed E-state index contributed by atoms with van der Waals surface area (Å²) in [4.78, 5) is 16.9. The molecule has 1 heterocycles. The first-order valence-corrected chi connectivity index (χ1v) is 9.84. The van der Waals surface area contributed by atoms with Crippen LogP contribution in [0.15, 0.2) is 54.6 Å². The normalized spacial score (nSPS) is 16.0. The summed E-state index contributed by atoms with van der Waals surface area (Å²) in [6.07, 6.45) is 1.00. The fraction of sp³-hybridized carbons (Fsp3) is 0.435. The summed E-state index contributed by atoms with van der Waals surface area (Å²) in [6.45, 7) is 11.2. The average molecular weight is 366 g/mol. The van der Waals surface area contributed by atoms with E-state index in [2.05, 4.69) is 55.3 Å². The molecular formula is C23H31N3O. The van der Waals surface area contributed by atoms with Crippen molar-refractivity contribution in [3.05, 3.63) is 65.7 Å². The molecule has 0 unspecified atom stereocenters. The number of nitrogens with zero attached hydrogens (tertiary/aromatic N) is 2. The highest BCUT2D eigenvalue weighted by molar-refractivity contribution is 5.89. The molecule has 1 N–H and O–H groups in total. The lowest BCUT2D eigenvalue weighted by Gasteiger charge is -2.23. The maximum Gasteiger partial charge on any atom is 0.321 e. The molecule has 0 atom stereocenters. The lowest BCUT2D eigenvalue weighted by Crippen LogP contribution is -2.38. The third kappa shape index (κ3) is 5.57. The van der Waals surface area contributed by atoms with Crippen molar-refractivity contribution < 1.29 is 4.79 Å². The van der Waals surface area contributed by atoms with Gasteiger partial charge in [0, 0.05) is 38.4 Å². The fourth-order valence-electron chi connectivity index (χ4n) is 3.42. The van der Waals surface area contributed by atoms with Gasteiger partial charge in [0.2, 0.25) is 0 Å². The lowest BCUT2D eigenvalue weighted by atomic mass is 9.87. The van der Waals surface area contributed by atoms with E-state index in [1.807, 2.05) is 35.2 Å². The molecule has 4 heteroatoms. The first-order valence-electron chi connectivity index (χ1n) is 9.84. The van der Waals surface area contributed by atoms with Crippen LogP contribution < -0.4 is 5.32 Å². The molecule has 0 radical (unpaired) electrons. The van der Waals surface area contributed by atoms with Crippen molar-refractivity contribution in [1.82, 2.24) is 9.80 Å². The van der Waals surface area contributed by atoms with Crippen LogP contribution in [0.5, 0.6) is 0 Å². The van der Waals surface area contributed by atoms with Gasteiger partial charge >= 0.3 is 6.03 Å². The molecule has 1 saturated heterocycles. The van der Waals surface area contributed by atoms with Crippen LogP contribution in [0.1, 0.15) is 38.3 Å². The molecule has 1 fully saturated rings. The minimum absolute atomic E-state index is 0.00224. The number of hydrogen-bond donors (Lipinski definition) is 1. The molecule has 3 rings (SSSR count). The van der Waals surface area contributed by atoms with Gasteiger partial charge < -0.3 is 10.2 Å². The number of amides is 2. The van der Waals surface area contributed by atoms with Gasteiger partial charge in [-0.1, -0.05) is 63.2 Å². The number of hydrogen-bond acceptors (Lipinski definition) is 2. The molecule has 2 aromatic rings. The van der Waals surface area contributed by atoms with E-state index in [0.717, 1.165) is 44.8 Å². The predicted molar refractivity (Wildman–Crippen MR) is 112 cm³/mol. The molecule has 0 aromatic heterocycles. The first-order chi connectivity index (χ1) is 12.9. The van der Waals surface area contributed by atoms with E-state index < -0.39 is 0 Å². The largest absolute Gasteiger partial charge is 0.323 e. The molecule has 0 spiro atoms. The van der Waals surface area contributed by atoms with E-state index in [0.29, 0.717) is 0 Å². The smallest absolute Gasteiger partial charge is 0.321 e. The van der Waals surface area contributed by atoms with Gasteiger partial charge in [0.15, 0.2) is 0 Å².